The van der Waals surface area contributed by atoms with E-state index < -0.39 is 0 Å². The van der Waals surface area contributed by atoms with E-state index in [4.69, 9.17) is 17.0 Å². The summed E-state index contributed by atoms with van der Waals surface area (Å²) in [4.78, 5) is 3.51. The molecular weight excluding hydrogens is 124 g/mol. The first-order chi connectivity index (χ1) is 3.66. The van der Waals surface area contributed by atoms with Gasteiger partial charge < -0.3 is 0 Å². The van der Waals surface area contributed by atoms with Crippen LogP contribution in [-0.4, -0.2) is 11.9 Å². The summed E-state index contributed by atoms with van der Waals surface area (Å²) in [6.07, 6.45) is 1.43. The van der Waals surface area contributed by atoms with Crippen LogP contribution in [0.1, 0.15) is 6.92 Å². The van der Waals surface area contributed by atoms with Crippen molar-refractivity contribution in [2.45, 2.75) is 6.92 Å². The molecule has 44 valence electrons. The van der Waals surface area contributed by atoms with Gasteiger partial charge in [-0.1, -0.05) is 11.6 Å². The van der Waals surface area contributed by atoms with E-state index in [1.54, 1.807) is 6.92 Å². The SMILES string of the molecule is C=N/C(C)=C/C(=N)Cl. The molecule has 0 bridgehead atoms. The normalized spacial score (nSPS) is 11.0. The van der Waals surface area contributed by atoms with Crippen molar-refractivity contribution in [1.82, 2.24) is 0 Å². The van der Waals surface area contributed by atoms with Crippen molar-refractivity contribution >= 4 is 23.5 Å². The summed E-state index contributed by atoms with van der Waals surface area (Å²) in [7, 11) is 0. The van der Waals surface area contributed by atoms with Crippen LogP contribution < -0.4 is 0 Å². The second kappa shape index (κ2) is 3.38. The second-order valence-electron chi connectivity index (χ2n) is 1.29. The summed E-state index contributed by atoms with van der Waals surface area (Å²) in [5.74, 6) is 0. The zero-order valence-electron chi connectivity index (χ0n) is 4.61. The van der Waals surface area contributed by atoms with E-state index in [1.165, 1.54) is 6.08 Å². The van der Waals surface area contributed by atoms with Crippen LogP contribution in [0.5, 0.6) is 0 Å². The molecule has 0 saturated heterocycles. The summed E-state index contributed by atoms with van der Waals surface area (Å²) in [6, 6.07) is 0. The number of halogens is 1. The van der Waals surface area contributed by atoms with Crippen LogP contribution in [0.2, 0.25) is 0 Å². The van der Waals surface area contributed by atoms with Crippen LogP contribution in [0.3, 0.4) is 0 Å². The first-order valence-electron chi connectivity index (χ1n) is 2.06. The Hall–Kier alpha value is -0.630. The molecule has 0 aromatic rings. The Bertz CT molecular complexity index is 137. The van der Waals surface area contributed by atoms with Gasteiger partial charge in [-0.05, 0) is 19.7 Å². The van der Waals surface area contributed by atoms with Crippen molar-refractivity contribution in [3.63, 3.8) is 0 Å². The molecule has 2 nitrogen and oxygen atoms in total. The lowest BCUT2D eigenvalue weighted by molar-refractivity contribution is 1.33. The zero-order valence-corrected chi connectivity index (χ0v) is 5.37. The average Bonchev–Trinajstić information content (AvgIpc) is 1.65. The van der Waals surface area contributed by atoms with E-state index in [0.29, 0.717) is 5.70 Å². The van der Waals surface area contributed by atoms with Crippen LogP contribution in [0, 0.1) is 5.41 Å². The molecule has 8 heavy (non-hydrogen) atoms. The van der Waals surface area contributed by atoms with Crippen molar-refractivity contribution in [2.24, 2.45) is 4.99 Å². The van der Waals surface area contributed by atoms with Gasteiger partial charge in [-0.2, -0.15) is 0 Å². The number of rotatable bonds is 2. The smallest absolute Gasteiger partial charge is 0.122 e. The van der Waals surface area contributed by atoms with Gasteiger partial charge in [-0.15, -0.1) is 0 Å². The standard InChI is InChI=1S/C5H7ClN2/c1-4(8-2)3-5(6)7/h3,7H,2H2,1H3/b4-3+,7-5?. The minimum atomic E-state index is -0.0186. The molecule has 1 N–H and O–H groups in total. The van der Waals surface area contributed by atoms with Gasteiger partial charge in [0.15, 0.2) is 0 Å². The molecule has 0 fully saturated rings. The first kappa shape index (κ1) is 7.37. The molecule has 0 atom stereocenters. The number of hydrogen-bond acceptors (Lipinski definition) is 2. The van der Waals surface area contributed by atoms with E-state index in [0.717, 1.165) is 0 Å². The van der Waals surface area contributed by atoms with E-state index in [9.17, 15) is 0 Å². The Labute approximate surface area is 53.4 Å². The lowest BCUT2D eigenvalue weighted by atomic mass is 10.5. The van der Waals surface area contributed by atoms with Crippen molar-refractivity contribution in [3.05, 3.63) is 11.8 Å². The average molecular weight is 131 g/mol. The number of nitrogens with zero attached hydrogens (tertiary/aromatic N) is 1. The van der Waals surface area contributed by atoms with Gasteiger partial charge in [0.2, 0.25) is 0 Å². The van der Waals surface area contributed by atoms with Crippen molar-refractivity contribution < 1.29 is 0 Å². The second-order valence-corrected chi connectivity index (χ2v) is 1.70. The highest BCUT2D eigenvalue weighted by atomic mass is 35.5. The maximum atomic E-state index is 6.73. The van der Waals surface area contributed by atoms with Crippen molar-refractivity contribution in [2.75, 3.05) is 0 Å². The van der Waals surface area contributed by atoms with E-state index >= 15 is 0 Å². The van der Waals surface area contributed by atoms with Crippen LogP contribution in [0.25, 0.3) is 0 Å². The lowest BCUT2D eigenvalue weighted by Crippen LogP contribution is -1.76. The maximum absolute atomic E-state index is 6.73. The predicted octanol–water partition coefficient (Wildman–Crippen LogP) is 1.81. The topological polar surface area (TPSA) is 36.2 Å². The summed E-state index contributed by atoms with van der Waals surface area (Å²) in [6.45, 7) is 4.97. The number of allylic oxidation sites excluding steroid dienone is 2. The monoisotopic (exact) mass is 130 g/mol. The first-order valence-corrected chi connectivity index (χ1v) is 2.43. The van der Waals surface area contributed by atoms with Crippen LogP contribution in [0.15, 0.2) is 16.8 Å². The maximum Gasteiger partial charge on any atom is 0.122 e. The zero-order chi connectivity index (χ0) is 6.57. The van der Waals surface area contributed by atoms with Gasteiger partial charge in [-0.3, -0.25) is 10.4 Å². The van der Waals surface area contributed by atoms with Crippen LogP contribution in [0.4, 0.5) is 0 Å². The highest BCUT2D eigenvalue weighted by Gasteiger charge is 1.82. The summed E-state index contributed by atoms with van der Waals surface area (Å²) < 4.78 is 0. The third-order valence-corrected chi connectivity index (χ3v) is 0.694. The molecule has 0 saturated carbocycles. The summed E-state index contributed by atoms with van der Waals surface area (Å²) in [5.41, 5.74) is 0.657. The Morgan fingerprint density at radius 3 is 2.50 bits per heavy atom. The highest BCUT2D eigenvalue weighted by molar-refractivity contribution is 6.67. The highest BCUT2D eigenvalue weighted by Crippen LogP contribution is 1.94. The Morgan fingerprint density at radius 2 is 2.38 bits per heavy atom. The molecule has 0 spiro atoms. The van der Waals surface area contributed by atoms with E-state index in [1.807, 2.05) is 0 Å². The largest absolute Gasteiger partial charge is 0.289 e. The third-order valence-electron chi connectivity index (χ3n) is 0.585. The van der Waals surface area contributed by atoms with E-state index in [2.05, 4.69) is 11.7 Å². The molecule has 3 heteroatoms. The van der Waals surface area contributed by atoms with Crippen molar-refractivity contribution in [3.8, 4) is 0 Å². The predicted molar refractivity (Wildman–Crippen MR) is 36.9 cm³/mol. The minimum absolute atomic E-state index is 0.0186. The Kier molecular flexibility index (Phi) is 3.12. The molecule has 0 heterocycles. The van der Waals surface area contributed by atoms with Crippen LogP contribution >= 0.6 is 11.6 Å². The Balaban J connectivity index is 3.94. The van der Waals surface area contributed by atoms with E-state index in [-0.39, 0.29) is 5.17 Å². The molecule has 0 unspecified atom stereocenters. The van der Waals surface area contributed by atoms with Gasteiger partial charge in [0.1, 0.15) is 5.17 Å². The van der Waals surface area contributed by atoms with Gasteiger partial charge >= 0.3 is 0 Å². The van der Waals surface area contributed by atoms with Gasteiger partial charge in [0.05, 0.1) is 0 Å². The minimum Gasteiger partial charge on any atom is -0.289 e. The number of aliphatic imine (C=N–C) groups is 1. The lowest BCUT2D eigenvalue weighted by Gasteiger charge is -1.84. The molecule has 0 amide bonds. The fourth-order valence-electron chi connectivity index (χ4n) is 0.229. The Morgan fingerprint density at radius 1 is 1.88 bits per heavy atom. The molecule has 0 rings (SSSR count). The molecular formula is C5H7ClN2. The van der Waals surface area contributed by atoms with Gasteiger partial charge in [0.25, 0.3) is 0 Å². The fourth-order valence-corrected chi connectivity index (χ4v) is 0.387. The molecule has 0 aliphatic carbocycles. The fraction of sp³-hybridized carbons (Fsp3) is 0.200. The van der Waals surface area contributed by atoms with Gasteiger partial charge in [-0.25, -0.2) is 0 Å². The van der Waals surface area contributed by atoms with Crippen LogP contribution in [-0.2, 0) is 0 Å². The summed E-state index contributed by atoms with van der Waals surface area (Å²) >= 11 is 5.17. The molecule has 0 radical (unpaired) electrons. The quantitative estimate of drug-likeness (QED) is 0.554. The molecule has 0 aromatic carbocycles. The summed E-state index contributed by atoms with van der Waals surface area (Å²) in [5, 5.41) is 6.71. The molecule has 0 aliphatic heterocycles. The number of nitrogens with one attached hydrogen (secondary N) is 1. The third kappa shape index (κ3) is 3.56. The van der Waals surface area contributed by atoms with Gasteiger partial charge in [0, 0.05) is 5.70 Å². The number of hydrogen-bond donors (Lipinski definition) is 1. The molecule has 0 aromatic heterocycles. The van der Waals surface area contributed by atoms with Crippen molar-refractivity contribution in [1.29, 1.82) is 5.41 Å². The molecule has 0 aliphatic rings.